The second kappa shape index (κ2) is 7.29. The van der Waals surface area contributed by atoms with Gasteiger partial charge in [-0.3, -0.25) is 4.79 Å². The third kappa shape index (κ3) is 3.96. The predicted molar refractivity (Wildman–Crippen MR) is 83.3 cm³/mol. The van der Waals surface area contributed by atoms with Gasteiger partial charge in [0.05, 0.1) is 10.0 Å². The Kier molecular flexibility index (Phi) is 6.33. The molecule has 0 radical (unpaired) electrons. The zero-order valence-electron chi connectivity index (χ0n) is 11.4. The molecule has 0 heterocycles. The maximum atomic E-state index is 13.4. The second-order valence-corrected chi connectivity index (χ2v) is 6.45. The molecule has 0 aliphatic carbocycles. The minimum absolute atomic E-state index is 0.0511. The molecule has 1 N–H and O–H groups in total. The standard InChI is InChI=1S/C14H19BrFNOS/c1-4-14(5-2,19-3)9-17-13(18)10-7-6-8-11(16)12(10)15/h6-8H,4-5,9H2,1-3H3,(H,17,18). The van der Waals surface area contributed by atoms with Gasteiger partial charge in [0, 0.05) is 11.3 Å². The highest BCUT2D eigenvalue weighted by atomic mass is 79.9. The third-order valence-corrected chi connectivity index (χ3v) is 5.88. The summed E-state index contributed by atoms with van der Waals surface area (Å²) in [7, 11) is 0. The first kappa shape index (κ1) is 16.5. The summed E-state index contributed by atoms with van der Waals surface area (Å²) in [6.45, 7) is 4.82. The molecule has 0 bridgehead atoms. The van der Waals surface area contributed by atoms with Crippen molar-refractivity contribution in [2.45, 2.75) is 31.4 Å². The van der Waals surface area contributed by atoms with Crippen LogP contribution in [0, 0.1) is 5.82 Å². The summed E-state index contributed by atoms with van der Waals surface area (Å²) in [4.78, 5) is 12.1. The molecule has 0 fully saturated rings. The summed E-state index contributed by atoms with van der Waals surface area (Å²) in [6.07, 6.45) is 4.02. The Labute approximate surface area is 126 Å². The zero-order chi connectivity index (χ0) is 14.5. The number of thioether (sulfide) groups is 1. The molecule has 0 saturated carbocycles. The van der Waals surface area contributed by atoms with Crippen LogP contribution in [0.15, 0.2) is 22.7 Å². The molecular weight excluding hydrogens is 329 g/mol. The van der Waals surface area contributed by atoms with E-state index in [1.807, 2.05) is 0 Å². The van der Waals surface area contributed by atoms with E-state index in [1.54, 1.807) is 17.8 Å². The number of nitrogens with one attached hydrogen (secondary N) is 1. The van der Waals surface area contributed by atoms with Gasteiger partial charge in [-0.25, -0.2) is 4.39 Å². The zero-order valence-corrected chi connectivity index (χ0v) is 13.8. The van der Waals surface area contributed by atoms with Gasteiger partial charge in [-0.15, -0.1) is 0 Å². The molecule has 2 nitrogen and oxygen atoms in total. The maximum Gasteiger partial charge on any atom is 0.252 e. The molecule has 1 rings (SSSR count). The summed E-state index contributed by atoms with van der Waals surface area (Å²) in [5.41, 5.74) is 0.335. The lowest BCUT2D eigenvalue weighted by Gasteiger charge is -2.29. The van der Waals surface area contributed by atoms with E-state index in [4.69, 9.17) is 0 Å². The molecule has 0 aliphatic heterocycles. The highest BCUT2D eigenvalue weighted by molar-refractivity contribution is 9.10. The monoisotopic (exact) mass is 347 g/mol. The van der Waals surface area contributed by atoms with Crippen LogP contribution in [0.1, 0.15) is 37.0 Å². The van der Waals surface area contributed by atoms with Gasteiger partial charge in [0.15, 0.2) is 0 Å². The van der Waals surface area contributed by atoms with Crippen molar-refractivity contribution in [2.75, 3.05) is 12.8 Å². The van der Waals surface area contributed by atoms with Gasteiger partial charge in [-0.2, -0.15) is 11.8 Å². The van der Waals surface area contributed by atoms with E-state index < -0.39 is 5.82 Å². The number of carbonyl (C=O) groups excluding carboxylic acids is 1. The van der Waals surface area contributed by atoms with E-state index in [0.29, 0.717) is 12.1 Å². The average Bonchev–Trinajstić information content (AvgIpc) is 2.44. The summed E-state index contributed by atoms with van der Waals surface area (Å²) in [5.74, 6) is -0.665. The minimum atomic E-state index is -0.422. The summed E-state index contributed by atoms with van der Waals surface area (Å²) in [5, 5.41) is 2.90. The second-order valence-electron chi connectivity index (χ2n) is 4.38. The van der Waals surface area contributed by atoms with E-state index in [1.165, 1.54) is 12.1 Å². The number of halogens is 2. The van der Waals surface area contributed by atoms with Crippen molar-refractivity contribution in [2.24, 2.45) is 0 Å². The van der Waals surface area contributed by atoms with Gasteiger partial charge in [0.2, 0.25) is 0 Å². The fourth-order valence-corrected chi connectivity index (χ4v) is 3.11. The van der Waals surface area contributed by atoms with E-state index in [-0.39, 0.29) is 15.1 Å². The van der Waals surface area contributed by atoms with E-state index in [0.717, 1.165) is 12.8 Å². The van der Waals surface area contributed by atoms with Gasteiger partial charge in [-0.1, -0.05) is 19.9 Å². The van der Waals surface area contributed by atoms with Gasteiger partial charge >= 0.3 is 0 Å². The highest BCUT2D eigenvalue weighted by Crippen LogP contribution is 2.29. The number of hydrogen-bond donors (Lipinski definition) is 1. The van der Waals surface area contributed by atoms with Crippen molar-refractivity contribution in [1.82, 2.24) is 5.32 Å². The summed E-state index contributed by atoms with van der Waals surface area (Å²) < 4.78 is 13.7. The Morgan fingerprint density at radius 1 is 1.42 bits per heavy atom. The Bertz CT molecular complexity index is 441. The topological polar surface area (TPSA) is 29.1 Å². The van der Waals surface area contributed by atoms with Crippen LogP contribution in [0.4, 0.5) is 4.39 Å². The first-order chi connectivity index (χ1) is 8.99. The molecule has 0 spiro atoms. The molecule has 0 aliphatic rings. The van der Waals surface area contributed by atoms with Crippen LogP contribution in [-0.4, -0.2) is 23.5 Å². The first-order valence-electron chi connectivity index (χ1n) is 6.27. The third-order valence-electron chi connectivity index (χ3n) is 3.49. The van der Waals surface area contributed by atoms with Gasteiger partial charge < -0.3 is 5.32 Å². The lowest BCUT2D eigenvalue weighted by molar-refractivity contribution is 0.0947. The van der Waals surface area contributed by atoms with E-state index >= 15 is 0 Å². The first-order valence-corrected chi connectivity index (χ1v) is 8.28. The molecule has 19 heavy (non-hydrogen) atoms. The summed E-state index contributed by atoms with van der Waals surface area (Å²) in [6, 6.07) is 4.47. The van der Waals surface area contributed by atoms with Gasteiger partial charge in [0.25, 0.3) is 5.91 Å². The Hall–Kier alpha value is -0.550. The van der Waals surface area contributed by atoms with Gasteiger partial charge in [-0.05, 0) is 47.2 Å². The fraction of sp³-hybridized carbons (Fsp3) is 0.500. The SMILES string of the molecule is CCC(CC)(CNC(=O)c1cccc(F)c1Br)SC. The average molecular weight is 348 g/mol. The Morgan fingerprint density at radius 2 is 2.05 bits per heavy atom. The van der Waals surface area contributed by atoms with Crippen LogP contribution in [0.3, 0.4) is 0 Å². The number of amides is 1. The number of benzene rings is 1. The predicted octanol–water partition coefficient (Wildman–Crippen LogP) is 4.24. The highest BCUT2D eigenvalue weighted by Gasteiger charge is 2.26. The quantitative estimate of drug-likeness (QED) is 0.833. The summed E-state index contributed by atoms with van der Waals surface area (Å²) >= 11 is 4.87. The molecule has 0 aromatic heterocycles. The van der Waals surface area contributed by atoms with E-state index in [9.17, 15) is 9.18 Å². The number of hydrogen-bond acceptors (Lipinski definition) is 2. The van der Waals surface area contributed by atoms with Crippen molar-refractivity contribution >= 4 is 33.6 Å². The fourth-order valence-electron chi connectivity index (χ4n) is 1.88. The van der Waals surface area contributed by atoms with Crippen LogP contribution in [0.25, 0.3) is 0 Å². The molecule has 1 aromatic carbocycles. The smallest absolute Gasteiger partial charge is 0.252 e. The lowest BCUT2D eigenvalue weighted by atomic mass is 10.0. The van der Waals surface area contributed by atoms with Crippen LogP contribution < -0.4 is 5.32 Å². The molecule has 0 saturated heterocycles. The molecular formula is C14H19BrFNOS. The Balaban J connectivity index is 2.78. The van der Waals surface area contributed by atoms with Crippen LogP contribution >= 0.6 is 27.7 Å². The number of rotatable bonds is 6. The van der Waals surface area contributed by atoms with Crippen molar-refractivity contribution in [3.05, 3.63) is 34.1 Å². The van der Waals surface area contributed by atoms with Crippen LogP contribution in [-0.2, 0) is 0 Å². The molecule has 5 heteroatoms. The van der Waals surface area contributed by atoms with Crippen LogP contribution in [0.2, 0.25) is 0 Å². The van der Waals surface area contributed by atoms with Crippen molar-refractivity contribution in [1.29, 1.82) is 0 Å². The number of carbonyl (C=O) groups is 1. The largest absolute Gasteiger partial charge is 0.351 e. The maximum absolute atomic E-state index is 13.4. The molecule has 106 valence electrons. The Morgan fingerprint density at radius 3 is 2.58 bits per heavy atom. The minimum Gasteiger partial charge on any atom is -0.351 e. The molecule has 1 amide bonds. The van der Waals surface area contributed by atoms with Gasteiger partial charge in [0.1, 0.15) is 5.82 Å². The van der Waals surface area contributed by atoms with Crippen LogP contribution in [0.5, 0.6) is 0 Å². The molecule has 0 atom stereocenters. The van der Waals surface area contributed by atoms with E-state index in [2.05, 4.69) is 41.3 Å². The molecule has 0 unspecified atom stereocenters. The van der Waals surface area contributed by atoms with Crippen molar-refractivity contribution in [3.63, 3.8) is 0 Å². The van der Waals surface area contributed by atoms with Crippen molar-refractivity contribution in [3.8, 4) is 0 Å². The lowest BCUT2D eigenvalue weighted by Crippen LogP contribution is -2.39. The normalized spacial score (nSPS) is 11.4. The van der Waals surface area contributed by atoms with Crippen molar-refractivity contribution < 1.29 is 9.18 Å². The molecule has 1 aromatic rings.